The molecule has 0 atom stereocenters. The van der Waals surface area contributed by atoms with Crippen molar-refractivity contribution in [2.24, 2.45) is 5.73 Å². The molecule has 0 radical (unpaired) electrons. The Hall–Kier alpha value is -2.47. The maximum absolute atomic E-state index is 13.7. The van der Waals surface area contributed by atoms with Gasteiger partial charge in [0.1, 0.15) is 17.2 Å². The molecule has 2 heterocycles. The second kappa shape index (κ2) is 5.26. The molecule has 6 heteroatoms. The Kier molecular flexibility index (Phi) is 3.30. The molecule has 0 unspecified atom stereocenters. The van der Waals surface area contributed by atoms with Crippen LogP contribution in [0.15, 0.2) is 47.1 Å². The van der Waals surface area contributed by atoms with E-state index in [4.69, 9.17) is 10.2 Å². The van der Waals surface area contributed by atoms with Crippen LogP contribution in [-0.2, 0) is 13.1 Å². The van der Waals surface area contributed by atoms with Gasteiger partial charge in [-0.2, -0.15) is 0 Å². The van der Waals surface area contributed by atoms with Gasteiger partial charge >= 0.3 is 0 Å². The van der Waals surface area contributed by atoms with Gasteiger partial charge in [0, 0.05) is 12.1 Å². The van der Waals surface area contributed by atoms with E-state index in [1.807, 2.05) is 0 Å². The van der Waals surface area contributed by atoms with Crippen molar-refractivity contribution >= 4 is 0 Å². The number of benzene rings is 1. The van der Waals surface area contributed by atoms with E-state index in [-0.39, 0.29) is 18.9 Å². The Labute approximate surface area is 114 Å². The first-order chi connectivity index (χ1) is 9.79. The number of aromatic nitrogens is 3. The summed E-state index contributed by atoms with van der Waals surface area (Å²) in [4.78, 5) is 0. The van der Waals surface area contributed by atoms with Crippen molar-refractivity contribution in [2.75, 3.05) is 0 Å². The summed E-state index contributed by atoms with van der Waals surface area (Å²) in [5.74, 6) is 0.342. The maximum Gasteiger partial charge on any atom is 0.153 e. The highest BCUT2D eigenvalue weighted by atomic mass is 19.1. The third kappa shape index (κ3) is 2.21. The van der Waals surface area contributed by atoms with E-state index in [1.165, 1.54) is 6.07 Å². The highest BCUT2D eigenvalue weighted by Crippen LogP contribution is 2.23. The highest BCUT2D eigenvalue weighted by Gasteiger charge is 2.17. The van der Waals surface area contributed by atoms with Gasteiger partial charge in [-0.1, -0.05) is 23.4 Å². The summed E-state index contributed by atoms with van der Waals surface area (Å²) in [6.07, 6.45) is 1.57. The number of rotatable bonds is 4. The lowest BCUT2D eigenvalue weighted by Crippen LogP contribution is -2.06. The lowest BCUT2D eigenvalue weighted by molar-refractivity contribution is 0.555. The van der Waals surface area contributed by atoms with E-state index in [0.29, 0.717) is 22.7 Å². The molecule has 2 aromatic heterocycles. The van der Waals surface area contributed by atoms with Crippen molar-refractivity contribution in [3.05, 3.63) is 59.7 Å². The average Bonchev–Trinajstić information content (AvgIpc) is 3.09. The van der Waals surface area contributed by atoms with Gasteiger partial charge < -0.3 is 10.2 Å². The van der Waals surface area contributed by atoms with Crippen molar-refractivity contribution in [3.8, 4) is 11.5 Å². The minimum atomic E-state index is -0.275. The fourth-order valence-corrected chi connectivity index (χ4v) is 2.07. The van der Waals surface area contributed by atoms with Gasteiger partial charge in [0.05, 0.1) is 12.8 Å². The van der Waals surface area contributed by atoms with E-state index < -0.39 is 0 Å². The molecule has 3 aromatic rings. The normalized spacial score (nSPS) is 10.9. The fraction of sp³-hybridized carbons (Fsp3) is 0.143. The van der Waals surface area contributed by atoms with Crippen LogP contribution >= 0.6 is 0 Å². The quantitative estimate of drug-likeness (QED) is 0.790. The Bertz CT molecular complexity index is 706. The minimum Gasteiger partial charge on any atom is -0.463 e. The molecule has 0 aliphatic carbocycles. The first-order valence-electron chi connectivity index (χ1n) is 6.19. The van der Waals surface area contributed by atoms with Gasteiger partial charge in [0.25, 0.3) is 0 Å². The van der Waals surface area contributed by atoms with Crippen molar-refractivity contribution < 1.29 is 8.81 Å². The van der Waals surface area contributed by atoms with Crippen LogP contribution in [0.3, 0.4) is 0 Å². The number of hydrogen-bond donors (Lipinski definition) is 1. The molecule has 3 rings (SSSR count). The molecule has 0 bridgehead atoms. The van der Waals surface area contributed by atoms with Crippen molar-refractivity contribution in [3.63, 3.8) is 0 Å². The van der Waals surface area contributed by atoms with E-state index in [2.05, 4.69) is 10.3 Å². The number of hydrogen-bond acceptors (Lipinski definition) is 4. The van der Waals surface area contributed by atoms with Crippen molar-refractivity contribution in [1.29, 1.82) is 0 Å². The third-order valence-corrected chi connectivity index (χ3v) is 3.03. The topological polar surface area (TPSA) is 69.9 Å². The molecule has 0 fully saturated rings. The Morgan fingerprint density at radius 1 is 1.20 bits per heavy atom. The summed E-state index contributed by atoms with van der Waals surface area (Å²) in [5.41, 5.74) is 7.50. The molecule has 5 nitrogen and oxygen atoms in total. The molecule has 1 aromatic carbocycles. The molecule has 0 aliphatic rings. The molecule has 0 amide bonds. The summed E-state index contributed by atoms with van der Waals surface area (Å²) in [6.45, 7) is 0.517. The van der Waals surface area contributed by atoms with Gasteiger partial charge in [-0.15, -0.1) is 5.10 Å². The Balaban J connectivity index is 2.03. The zero-order valence-corrected chi connectivity index (χ0v) is 10.7. The predicted molar refractivity (Wildman–Crippen MR) is 71.1 cm³/mol. The zero-order chi connectivity index (χ0) is 13.9. The Morgan fingerprint density at radius 3 is 2.75 bits per heavy atom. The van der Waals surface area contributed by atoms with E-state index in [0.717, 1.165) is 0 Å². The molecule has 20 heavy (non-hydrogen) atoms. The van der Waals surface area contributed by atoms with Crippen LogP contribution in [0.1, 0.15) is 11.3 Å². The summed E-state index contributed by atoms with van der Waals surface area (Å²) in [7, 11) is 0. The average molecular weight is 272 g/mol. The van der Waals surface area contributed by atoms with Crippen molar-refractivity contribution in [1.82, 2.24) is 15.0 Å². The number of nitrogens with zero attached hydrogens (tertiary/aromatic N) is 3. The van der Waals surface area contributed by atoms with Crippen LogP contribution in [0.25, 0.3) is 11.5 Å². The molecule has 0 aliphatic heterocycles. The summed E-state index contributed by atoms with van der Waals surface area (Å²) >= 11 is 0. The van der Waals surface area contributed by atoms with E-state index in [1.54, 1.807) is 41.3 Å². The van der Waals surface area contributed by atoms with Gasteiger partial charge in [-0.3, -0.25) is 0 Å². The van der Waals surface area contributed by atoms with Crippen LogP contribution in [-0.4, -0.2) is 15.0 Å². The van der Waals surface area contributed by atoms with Crippen LogP contribution in [0.2, 0.25) is 0 Å². The molecule has 2 N–H and O–H groups in total. The van der Waals surface area contributed by atoms with Crippen LogP contribution in [0.5, 0.6) is 0 Å². The molecule has 0 spiro atoms. The third-order valence-electron chi connectivity index (χ3n) is 3.03. The standard InChI is InChI=1S/C14H13FN4O/c15-11-5-2-1-4-10(11)9-19-14(12(8-16)17-18-19)13-6-3-7-20-13/h1-7H,8-9,16H2. The monoisotopic (exact) mass is 272 g/mol. The highest BCUT2D eigenvalue weighted by molar-refractivity contribution is 5.55. The van der Waals surface area contributed by atoms with Gasteiger partial charge in [0.15, 0.2) is 5.76 Å². The van der Waals surface area contributed by atoms with Gasteiger partial charge in [-0.05, 0) is 18.2 Å². The molecule has 0 saturated carbocycles. The zero-order valence-electron chi connectivity index (χ0n) is 10.7. The Morgan fingerprint density at radius 2 is 2.05 bits per heavy atom. The first kappa shape index (κ1) is 12.6. The van der Waals surface area contributed by atoms with E-state index in [9.17, 15) is 4.39 Å². The second-order valence-corrected chi connectivity index (χ2v) is 4.32. The first-order valence-corrected chi connectivity index (χ1v) is 6.19. The SMILES string of the molecule is NCc1nnn(Cc2ccccc2F)c1-c1ccco1. The van der Waals surface area contributed by atoms with Crippen LogP contribution in [0, 0.1) is 5.82 Å². The lowest BCUT2D eigenvalue weighted by Gasteiger charge is -2.06. The van der Waals surface area contributed by atoms with Gasteiger partial charge in [0.2, 0.25) is 0 Å². The lowest BCUT2D eigenvalue weighted by atomic mass is 10.2. The molecular formula is C14H13FN4O. The van der Waals surface area contributed by atoms with E-state index >= 15 is 0 Å². The minimum absolute atomic E-state index is 0.243. The number of halogens is 1. The summed E-state index contributed by atoms with van der Waals surface area (Å²) in [5, 5.41) is 8.06. The van der Waals surface area contributed by atoms with Crippen molar-refractivity contribution in [2.45, 2.75) is 13.1 Å². The summed E-state index contributed by atoms with van der Waals surface area (Å²) in [6, 6.07) is 10.1. The largest absolute Gasteiger partial charge is 0.463 e. The summed E-state index contributed by atoms with van der Waals surface area (Å²) < 4.78 is 20.7. The van der Waals surface area contributed by atoms with Crippen LogP contribution < -0.4 is 5.73 Å². The van der Waals surface area contributed by atoms with Crippen LogP contribution in [0.4, 0.5) is 4.39 Å². The predicted octanol–water partition coefficient (Wildman–Crippen LogP) is 2.18. The number of furan rings is 1. The van der Waals surface area contributed by atoms with Gasteiger partial charge in [-0.25, -0.2) is 9.07 Å². The smallest absolute Gasteiger partial charge is 0.153 e. The maximum atomic E-state index is 13.7. The number of nitrogens with two attached hydrogens (primary N) is 1. The molecule has 0 saturated heterocycles. The molecule has 102 valence electrons. The molecular weight excluding hydrogens is 259 g/mol. The second-order valence-electron chi connectivity index (χ2n) is 4.32. The fourth-order valence-electron chi connectivity index (χ4n) is 2.07.